The fourth-order valence-corrected chi connectivity index (χ4v) is 3.66. The molecule has 2 atom stereocenters. The number of carboxylic acid groups (broad SMARTS) is 1. The quantitative estimate of drug-likeness (QED) is 0.899. The maximum Gasteiger partial charge on any atom is 0.416 e. The zero-order chi connectivity index (χ0) is 18.0. The van der Waals surface area contributed by atoms with Crippen molar-refractivity contribution in [2.45, 2.75) is 37.6 Å². The van der Waals surface area contributed by atoms with Gasteiger partial charge in [0.1, 0.15) is 0 Å². The minimum absolute atomic E-state index is 0.0139. The van der Waals surface area contributed by atoms with Crippen LogP contribution in [0.4, 0.5) is 18.0 Å². The van der Waals surface area contributed by atoms with E-state index >= 15 is 0 Å². The van der Waals surface area contributed by atoms with Crippen molar-refractivity contribution >= 4 is 6.09 Å². The van der Waals surface area contributed by atoms with E-state index in [0.29, 0.717) is 32.7 Å². The van der Waals surface area contributed by atoms with Crippen LogP contribution in [-0.4, -0.2) is 59.4 Å². The number of alkyl halides is 3. The summed E-state index contributed by atoms with van der Waals surface area (Å²) in [4.78, 5) is 14.5. The van der Waals surface area contributed by atoms with E-state index < -0.39 is 17.8 Å². The monoisotopic (exact) mass is 358 g/mol. The Balaban J connectivity index is 1.83. The number of amides is 1. The van der Waals surface area contributed by atoms with Gasteiger partial charge in [-0.05, 0) is 24.5 Å². The number of hydrogen-bond acceptors (Lipinski definition) is 3. The predicted octanol–water partition coefficient (Wildman–Crippen LogP) is 3.05. The molecular formula is C17H21F3N2O3. The maximum absolute atomic E-state index is 13.3. The third-order valence-corrected chi connectivity index (χ3v) is 4.95. The Morgan fingerprint density at radius 2 is 2.04 bits per heavy atom. The largest absolute Gasteiger partial charge is 0.465 e. The third kappa shape index (κ3) is 4.07. The second-order valence-electron chi connectivity index (χ2n) is 6.52. The van der Waals surface area contributed by atoms with Gasteiger partial charge < -0.3 is 14.7 Å². The van der Waals surface area contributed by atoms with Crippen LogP contribution >= 0.6 is 0 Å². The van der Waals surface area contributed by atoms with E-state index in [1.807, 2.05) is 4.90 Å². The molecule has 0 bridgehead atoms. The van der Waals surface area contributed by atoms with Crippen LogP contribution < -0.4 is 0 Å². The van der Waals surface area contributed by atoms with Crippen LogP contribution in [0, 0.1) is 0 Å². The zero-order valence-electron chi connectivity index (χ0n) is 13.7. The van der Waals surface area contributed by atoms with Crippen molar-refractivity contribution < 1.29 is 27.8 Å². The van der Waals surface area contributed by atoms with Crippen LogP contribution in [0.3, 0.4) is 0 Å². The minimum atomic E-state index is -4.41. The molecule has 1 aromatic rings. The normalized spacial score (nSPS) is 24.2. The first-order valence-electron chi connectivity index (χ1n) is 8.32. The summed E-state index contributed by atoms with van der Waals surface area (Å²) in [5.41, 5.74) is -0.414. The highest BCUT2D eigenvalue weighted by atomic mass is 19.4. The number of benzene rings is 1. The summed E-state index contributed by atoms with van der Waals surface area (Å²) >= 11 is 0. The smallest absolute Gasteiger partial charge is 0.416 e. The summed E-state index contributed by atoms with van der Waals surface area (Å²) in [5.74, 6) is 0. The van der Waals surface area contributed by atoms with E-state index in [-0.39, 0.29) is 24.2 Å². The predicted molar refractivity (Wildman–Crippen MR) is 84.2 cm³/mol. The summed E-state index contributed by atoms with van der Waals surface area (Å²) in [6, 6.07) is 5.50. The van der Waals surface area contributed by atoms with Crippen LogP contribution in [-0.2, 0) is 17.5 Å². The van der Waals surface area contributed by atoms with Gasteiger partial charge in [-0.25, -0.2) is 4.79 Å². The molecule has 1 unspecified atom stereocenters. The van der Waals surface area contributed by atoms with Gasteiger partial charge in [0.2, 0.25) is 0 Å². The maximum atomic E-state index is 13.3. The molecule has 138 valence electrons. The van der Waals surface area contributed by atoms with Crippen molar-refractivity contribution in [3.8, 4) is 0 Å². The first-order chi connectivity index (χ1) is 11.9. The van der Waals surface area contributed by atoms with Crippen LogP contribution in [0.2, 0.25) is 0 Å². The average Bonchev–Trinajstić information content (AvgIpc) is 3.24. The summed E-state index contributed by atoms with van der Waals surface area (Å²) in [6.45, 7) is 1.92. The third-order valence-electron chi connectivity index (χ3n) is 4.95. The molecule has 1 amide bonds. The lowest BCUT2D eigenvalue weighted by Gasteiger charge is -2.34. The topological polar surface area (TPSA) is 53.0 Å². The molecule has 3 rings (SSSR count). The summed E-state index contributed by atoms with van der Waals surface area (Å²) < 4.78 is 45.3. The molecular weight excluding hydrogens is 337 g/mol. The van der Waals surface area contributed by atoms with E-state index in [1.165, 1.54) is 17.0 Å². The standard InChI is InChI=1S/C17H21F3N2O3/c18-17(19,20)15-4-2-1-3-12(15)9-22(14-6-8-25-11-14)13-5-7-21(10-13)16(23)24/h1-4,13-14H,5-11H2,(H,23,24)/t13-,14?/m1/s1. The van der Waals surface area contributed by atoms with Crippen molar-refractivity contribution in [3.05, 3.63) is 35.4 Å². The van der Waals surface area contributed by atoms with Crippen molar-refractivity contribution in [2.75, 3.05) is 26.3 Å². The Hall–Kier alpha value is -1.80. The van der Waals surface area contributed by atoms with Crippen molar-refractivity contribution in [2.24, 2.45) is 0 Å². The number of carbonyl (C=O) groups is 1. The number of halogens is 3. The van der Waals surface area contributed by atoms with Gasteiger partial charge in [0.15, 0.2) is 0 Å². The molecule has 1 aromatic carbocycles. The fourth-order valence-electron chi connectivity index (χ4n) is 3.66. The second-order valence-corrected chi connectivity index (χ2v) is 6.52. The summed E-state index contributed by atoms with van der Waals surface area (Å²) in [7, 11) is 0. The SMILES string of the molecule is O=C(O)N1CC[C@@H](N(Cc2ccccc2C(F)(F)F)C2CCOC2)C1. The van der Waals surface area contributed by atoms with Crippen LogP contribution in [0.1, 0.15) is 24.0 Å². The highest BCUT2D eigenvalue weighted by Crippen LogP contribution is 2.34. The zero-order valence-corrected chi connectivity index (χ0v) is 13.7. The average molecular weight is 358 g/mol. The fraction of sp³-hybridized carbons (Fsp3) is 0.588. The van der Waals surface area contributed by atoms with E-state index in [9.17, 15) is 18.0 Å². The Morgan fingerprint density at radius 1 is 1.28 bits per heavy atom. The number of nitrogens with zero attached hydrogens (tertiary/aromatic N) is 2. The number of rotatable bonds is 4. The van der Waals surface area contributed by atoms with Gasteiger partial charge in [0, 0.05) is 38.3 Å². The van der Waals surface area contributed by atoms with Gasteiger partial charge in [-0.15, -0.1) is 0 Å². The molecule has 2 saturated heterocycles. The molecule has 2 heterocycles. The van der Waals surface area contributed by atoms with Gasteiger partial charge in [0.05, 0.1) is 12.2 Å². The molecule has 0 saturated carbocycles. The van der Waals surface area contributed by atoms with E-state index in [0.717, 1.165) is 12.5 Å². The minimum Gasteiger partial charge on any atom is -0.465 e. The van der Waals surface area contributed by atoms with Gasteiger partial charge >= 0.3 is 12.3 Å². The molecule has 2 fully saturated rings. The molecule has 1 N–H and O–H groups in total. The highest BCUT2D eigenvalue weighted by Gasteiger charge is 2.38. The molecule has 0 spiro atoms. The van der Waals surface area contributed by atoms with Crippen molar-refractivity contribution in [1.29, 1.82) is 0 Å². The molecule has 0 aliphatic carbocycles. The lowest BCUT2D eigenvalue weighted by atomic mass is 10.0. The molecule has 2 aliphatic heterocycles. The van der Waals surface area contributed by atoms with Crippen molar-refractivity contribution in [3.63, 3.8) is 0 Å². The molecule has 5 nitrogen and oxygen atoms in total. The van der Waals surface area contributed by atoms with E-state index in [2.05, 4.69) is 0 Å². The first-order valence-corrected chi connectivity index (χ1v) is 8.32. The molecule has 2 aliphatic rings. The Labute approximate surface area is 144 Å². The van der Waals surface area contributed by atoms with Crippen molar-refractivity contribution in [1.82, 2.24) is 9.80 Å². The number of hydrogen-bond donors (Lipinski definition) is 1. The van der Waals surface area contributed by atoms with E-state index in [4.69, 9.17) is 9.84 Å². The van der Waals surface area contributed by atoms with Gasteiger partial charge in [-0.1, -0.05) is 18.2 Å². The lowest BCUT2D eigenvalue weighted by molar-refractivity contribution is -0.138. The molecule has 8 heteroatoms. The van der Waals surface area contributed by atoms with E-state index in [1.54, 1.807) is 6.07 Å². The Morgan fingerprint density at radius 3 is 2.64 bits per heavy atom. The Bertz CT molecular complexity index is 617. The molecule has 25 heavy (non-hydrogen) atoms. The second kappa shape index (κ2) is 7.21. The van der Waals surface area contributed by atoms with Gasteiger partial charge in [-0.3, -0.25) is 4.90 Å². The summed E-state index contributed by atoms with van der Waals surface area (Å²) in [5, 5.41) is 9.15. The molecule has 0 radical (unpaired) electrons. The molecule has 0 aromatic heterocycles. The first kappa shape index (κ1) is 18.0. The lowest BCUT2D eigenvalue weighted by Crippen LogP contribution is -2.45. The van der Waals surface area contributed by atoms with Gasteiger partial charge in [-0.2, -0.15) is 13.2 Å². The van der Waals surface area contributed by atoms with Crippen LogP contribution in [0.25, 0.3) is 0 Å². The van der Waals surface area contributed by atoms with Crippen LogP contribution in [0.15, 0.2) is 24.3 Å². The number of ether oxygens (including phenoxy) is 1. The summed E-state index contributed by atoms with van der Waals surface area (Å²) in [6.07, 6.45) is -4.02. The van der Waals surface area contributed by atoms with Gasteiger partial charge in [0.25, 0.3) is 0 Å². The van der Waals surface area contributed by atoms with Crippen LogP contribution in [0.5, 0.6) is 0 Å². The highest BCUT2D eigenvalue weighted by molar-refractivity contribution is 5.65. The number of likely N-dealkylation sites (tertiary alicyclic amines) is 1. The Kier molecular flexibility index (Phi) is 5.19.